The van der Waals surface area contributed by atoms with Crippen molar-refractivity contribution in [2.24, 2.45) is 5.92 Å². The first-order valence-corrected chi connectivity index (χ1v) is 9.80. The summed E-state index contributed by atoms with van der Waals surface area (Å²) in [4.78, 5) is 28.2. The summed E-state index contributed by atoms with van der Waals surface area (Å²) in [5.74, 6) is 1.06. The van der Waals surface area contributed by atoms with Crippen LogP contribution in [0.1, 0.15) is 38.1 Å². The van der Waals surface area contributed by atoms with E-state index in [0.717, 1.165) is 5.56 Å². The Balaban J connectivity index is 2.05. The van der Waals surface area contributed by atoms with Crippen molar-refractivity contribution in [3.8, 4) is 0 Å². The summed E-state index contributed by atoms with van der Waals surface area (Å²) in [6.45, 7) is 7.83. The van der Waals surface area contributed by atoms with Crippen LogP contribution in [0, 0.1) is 5.92 Å². The number of carbonyl (C=O) groups excluding carboxylic acids is 2. The van der Waals surface area contributed by atoms with Gasteiger partial charge in [0.2, 0.25) is 11.8 Å². The molecule has 1 fully saturated rings. The van der Waals surface area contributed by atoms with Gasteiger partial charge in [0, 0.05) is 36.6 Å². The molecule has 4 nitrogen and oxygen atoms in total. The second kappa shape index (κ2) is 8.77. The molecule has 0 unspecified atom stereocenters. The molecule has 0 spiro atoms. The number of nitrogens with zero attached hydrogens (tertiary/aromatic N) is 2. The van der Waals surface area contributed by atoms with Crippen molar-refractivity contribution in [2.75, 3.05) is 25.4 Å². The molecular formula is C18H25ClN2O2S. The number of hydrogen-bond donors (Lipinski definition) is 0. The van der Waals surface area contributed by atoms with Crippen LogP contribution in [-0.4, -0.2) is 47.0 Å². The Labute approximate surface area is 153 Å². The van der Waals surface area contributed by atoms with Gasteiger partial charge in [0.25, 0.3) is 0 Å². The Hall–Kier alpha value is -1.20. The zero-order valence-electron chi connectivity index (χ0n) is 14.5. The summed E-state index contributed by atoms with van der Waals surface area (Å²) < 4.78 is 0. The number of thioether (sulfide) groups is 1. The summed E-state index contributed by atoms with van der Waals surface area (Å²) in [6, 6.07) is 7.64. The van der Waals surface area contributed by atoms with Crippen molar-refractivity contribution >= 4 is 35.2 Å². The van der Waals surface area contributed by atoms with Crippen LogP contribution in [-0.2, 0) is 9.59 Å². The molecule has 0 N–H and O–H groups in total. The lowest BCUT2D eigenvalue weighted by molar-refractivity contribution is -0.134. The molecule has 1 aromatic rings. The van der Waals surface area contributed by atoms with Gasteiger partial charge in [-0.3, -0.25) is 9.59 Å². The van der Waals surface area contributed by atoms with Gasteiger partial charge in [0.1, 0.15) is 5.37 Å². The van der Waals surface area contributed by atoms with Gasteiger partial charge in [-0.25, -0.2) is 0 Å². The third-order valence-electron chi connectivity index (χ3n) is 4.07. The molecule has 2 amide bonds. The predicted molar refractivity (Wildman–Crippen MR) is 100 cm³/mol. The molecule has 1 aliphatic rings. The second-order valence-corrected chi connectivity index (χ2v) is 7.82. The van der Waals surface area contributed by atoms with Crippen LogP contribution in [0.4, 0.5) is 0 Å². The summed E-state index contributed by atoms with van der Waals surface area (Å²) in [5, 5.41) is 0.614. The fraction of sp³-hybridized carbons (Fsp3) is 0.556. The number of amides is 2. The molecule has 1 saturated heterocycles. The minimum absolute atomic E-state index is 0.0647. The first-order valence-electron chi connectivity index (χ1n) is 8.37. The van der Waals surface area contributed by atoms with E-state index in [-0.39, 0.29) is 17.2 Å². The number of hydrogen-bond acceptors (Lipinski definition) is 3. The Bertz CT molecular complexity index is 594. The molecule has 0 radical (unpaired) electrons. The molecule has 132 valence electrons. The minimum atomic E-state index is -0.0647. The molecule has 1 aromatic carbocycles. The van der Waals surface area contributed by atoms with Gasteiger partial charge in [-0.05, 0) is 18.9 Å². The molecule has 0 bridgehead atoms. The summed E-state index contributed by atoms with van der Waals surface area (Å²) >= 11 is 7.89. The highest BCUT2D eigenvalue weighted by Crippen LogP contribution is 2.41. The summed E-state index contributed by atoms with van der Waals surface area (Å²) in [5.41, 5.74) is 0.964. The van der Waals surface area contributed by atoms with Crippen LogP contribution >= 0.6 is 23.4 Å². The van der Waals surface area contributed by atoms with E-state index in [1.807, 2.05) is 54.8 Å². The van der Waals surface area contributed by atoms with Crippen molar-refractivity contribution in [3.05, 3.63) is 34.9 Å². The van der Waals surface area contributed by atoms with Crippen LogP contribution in [0.25, 0.3) is 0 Å². The number of halogens is 1. The lowest BCUT2D eigenvalue weighted by Crippen LogP contribution is -2.40. The van der Waals surface area contributed by atoms with E-state index < -0.39 is 0 Å². The smallest absolute Gasteiger partial charge is 0.233 e. The van der Waals surface area contributed by atoms with Crippen LogP contribution in [0.15, 0.2) is 24.3 Å². The monoisotopic (exact) mass is 368 g/mol. The first kappa shape index (κ1) is 19.1. The van der Waals surface area contributed by atoms with Gasteiger partial charge in [0.15, 0.2) is 0 Å². The lowest BCUT2D eigenvalue weighted by atomic mass is 10.1. The van der Waals surface area contributed by atoms with Gasteiger partial charge in [0.05, 0.1) is 5.75 Å². The highest BCUT2D eigenvalue weighted by Gasteiger charge is 2.34. The van der Waals surface area contributed by atoms with E-state index in [2.05, 4.69) is 0 Å². The first-order chi connectivity index (χ1) is 11.4. The molecular weight excluding hydrogens is 344 g/mol. The van der Waals surface area contributed by atoms with Gasteiger partial charge in [-0.1, -0.05) is 43.6 Å². The van der Waals surface area contributed by atoms with Crippen LogP contribution in [0.5, 0.6) is 0 Å². The van der Waals surface area contributed by atoms with Gasteiger partial charge in [-0.15, -0.1) is 11.8 Å². The molecule has 6 heteroatoms. The minimum Gasteiger partial charge on any atom is -0.341 e. The average molecular weight is 369 g/mol. The molecule has 1 heterocycles. The number of rotatable bonds is 7. The van der Waals surface area contributed by atoms with E-state index in [0.29, 0.717) is 42.7 Å². The van der Waals surface area contributed by atoms with Crippen molar-refractivity contribution in [2.45, 2.75) is 32.6 Å². The highest BCUT2D eigenvalue weighted by molar-refractivity contribution is 8.00. The molecule has 24 heavy (non-hydrogen) atoms. The van der Waals surface area contributed by atoms with E-state index in [4.69, 9.17) is 11.6 Å². The lowest BCUT2D eigenvalue weighted by Gasteiger charge is -2.29. The number of likely N-dealkylation sites (N-methyl/N-ethyl adjacent to an activating group) is 1. The van der Waals surface area contributed by atoms with Crippen molar-refractivity contribution < 1.29 is 9.59 Å². The maximum atomic E-state index is 12.3. The Morgan fingerprint density at radius 1 is 1.42 bits per heavy atom. The molecule has 2 rings (SSSR count). The van der Waals surface area contributed by atoms with Gasteiger partial charge in [-0.2, -0.15) is 0 Å². The van der Waals surface area contributed by atoms with E-state index in [1.165, 1.54) is 0 Å². The van der Waals surface area contributed by atoms with Gasteiger partial charge < -0.3 is 9.80 Å². The predicted octanol–water partition coefficient (Wildman–Crippen LogP) is 3.81. The zero-order valence-corrected chi connectivity index (χ0v) is 16.1. The highest BCUT2D eigenvalue weighted by atomic mass is 35.5. The summed E-state index contributed by atoms with van der Waals surface area (Å²) in [6.07, 6.45) is 0.546. The fourth-order valence-electron chi connectivity index (χ4n) is 2.79. The van der Waals surface area contributed by atoms with Crippen LogP contribution in [0.3, 0.4) is 0 Å². The van der Waals surface area contributed by atoms with E-state index in [9.17, 15) is 9.59 Å². The Morgan fingerprint density at radius 3 is 2.75 bits per heavy atom. The Morgan fingerprint density at radius 2 is 2.12 bits per heavy atom. The van der Waals surface area contributed by atoms with Crippen LogP contribution < -0.4 is 0 Å². The molecule has 0 aliphatic carbocycles. The van der Waals surface area contributed by atoms with Crippen LogP contribution in [0.2, 0.25) is 5.02 Å². The topological polar surface area (TPSA) is 40.6 Å². The third-order valence-corrected chi connectivity index (χ3v) is 5.65. The zero-order chi connectivity index (χ0) is 17.7. The van der Waals surface area contributed by atoms with Crippen molar-refractivity contribution in [1.82, 2.24) is 9.80 Å². The van der Waals surface area contributed by atoms with Crippen molar-refractivity contribution in [1.29, 1.82) is 0 Å². The number of carbonyl (C=O) groups is 2. The molecule has 0 saturated carbocycles. The molecule has 1 atom stereocenters. The second-order valence-electron chi connectivity index (χ2n) is 6.34. The quantitative estimate of drug-likeness (QED) is 0.734. The van der Waals surface area contributed by atoms with E-state index in [1.54, 1.807) is 11.8 Å². The standard InChI is InChI=1S/C18H25ClN2O2S/c1-4-20(16(22)11-13(2)3)9-10-21-17(23)12-24-18(21)14-7-5-6-8-15(14)19/h5-8,13,18H,4,9-12H2,1-3H3/t18-/m0/s1. The van der Waals surface area contributed by atoms with E-state index >= 15 is 0 Å². The SMILES string of the molecule is CCN(CCN1C(=O)CS[C@H]1c1ccccc1Cl)C(=O)CC(C)C. The van der Waals surface area contributed by atoms with Crippen molar-refractivity contribution in [3.63, 3.8) is 0 Å². The third kappa shape index (κ3) is 4.67. The summed E-state index contributed by atoms with van der Waals surface area (Å²) in [7, 11) is 0. The average Bonchev–Trinajstić information content (AvgIpc) is 2.89. The maximum absolute atomic E-state index is 12.3. The largest absolute Gasteiger partial charge is 0.341 e. The maximum Gasteiger partial charge on any atom is 0.233 e. The van der Waals surface area contributed by atoms with Gasteiger partial charge >= 0.3 is 0 Å². The fourth-order valence-corrected chi connectivity index (χ4v) is 4.35. The number of benzene rings is 1. The molecule has 0 aromatic heterocycles. The molecule has 1 aliphatic heterocycles. The normalized spacial score (nSPS) is 17.6. The Kier molecular flexibility index (Phi) is 6.99.